The number of thioether (sulfide) groups is 1. The minimum atomic E-state index is 0.604. The quantitative estimate of drug-likeness (QED) is 0.601. The number of aryl methyl sites for hydroxylation is 1. The molecule has 2 heterocycles. The van der Waals surface area contributed by atoms with Gasteiger partial charge in [0.1, 0.15) is 12.2 Å². The van der Waals surface area contributed by atoms with Crippen LogP contribution in [0.1, 0.15) is 5.82 Å². The number of fused-ring (bicyclic) bond motifs is 1. The molecule has 0 radical (unpaired) electrons. The van der Waals surface area contributed by atoms with Crippen LogP contribution in [0.15, 0.2) is 11.5 Å². The van der Waals surface area contributed by atoms with Crippen LogP contribution in [0.3, 0.4) is 0 Å². The van der Waals surface area contributed by atoms with E-state index >= 15 is 0 Å². The molecule has 0 aliphatic heterocycles. The molecule has 0 aliphatic carbocycles. The lowest BCUT2D eigenvalue weighted by molar-refractivity contribution is 0.752. The average molecular weight is 181 g/mol. The van der Waals surface area contributed by atoms with E-state index in [2.05, 4.69) is 20.1 Å². The standard InChI is InChI=1S/C6H7N5S/c1-4-9-5-7-3-8-11(5)6(10-4)12-2/h3H,1-2H3. The molecule has 0 aromatic carbocycles. The van der Waals surface area contributed by atoms with Crippen LogP contribution in [-0.4, -0.2) is 30.8 Å². The smallest absolute Gasteiger partial charge is 0.207 e. The molecule has 0 saturated carbocycles. The molecule has 5 nitrogen and oxygen atoms in total. The van der Waals surface area contributed by atoms with Crippen molar-refractivity contribution < 1.29 is 0 Å². The molecule has 62 valence electrons. The van der Waals surface area contributed by atoms with Gasteiger partial charge in [-0.3, -0.25) is 0 Å². The van der Waals surface area contributed by atoms with E-state index in [-0.39, 0.29) is 0 Å². The van der Waals surface area contributed by atoms with Crippen LogP contribution >= 0.6 is 11.8 Å². The van der Waals surface area contributed by atoms with Gasteiger partial charge in [0.15, 0.2) is 5.16 Å². The summed E-state index contributed by atoms with van der Waals surface area (Å²) in [5.41, 5.74) is 0. The van der Waals surface area contributed by atoms with Crippen molar-refractivity contribution in [2.75, 3.05) is 6.26 Å². The Morgan fingerprint density at radius 2 is 2.25 bits per heavy atom. The Bertz CT molecular complexity index is 409. The molecule has 0 bridgehead atoms. The van der Waals surface area contributed by atoms with Crippen molar-refractivity contribution in [3.8, 4) is 0 Å². The van der Waals surface area contributed by atoms with Crippen LogP contribution in [0, 0.1) is 6.92 Å². The zero-order valence-electron chi connectivity index (χ0n) is 6.72. The maximum Gasteiger partial charge on any atom is 0.256 e. The van der Waals surface area contributed by atoms with Crippen LogP contribution in [0.5, 0.6) is 0 Å². The van der Waals surface area contributed by atoms with Crippen molar-refractivity contribution in [1.82, 2.24) is 24.6 Å². The van der Waals surface area contributed by atoms with E-state index in [0.717, 1.165) is 11.0 Å². The molecule has 0 atom stereocenters. The Kier molecular flexibility index (Phi) is 1.69. The molecule has 0 amide bonds. The predicted octanol–water partition coefficient (Wildman–Crippen LogP) is 0.550. The lowest BCUT2D eigenvalue weighted by atomic mass is 10.7. The summed E-state index contributed by atoms with van der Waals surface area (Å²) < 4.78 is 1.62. The van der Waals surface area contributed by atoms with Gasteiger partial charge in [-0.15, -0.1) is 0 Å². The fourth-order valence-corrected chi connectivity index (χ4v) is 1.46. The van der Waals surface area contributed by atoms with Crippen LogP contribution in [0.4, 0.5) is 0 Å². The van der Waals surface area contributed by atoms with Crippen molar-refractivity contribution in [2.24, 2.45) is 0 Å². The lowest BCUT2D eigenvalue weighted by Gasteiger charge is -1.98. The van der Waals surface area contributed by atoms with E-state index in [1.54, 1.807) is 4.52 Å². The second kappa shape index (κ2) is 2.71. The molecule has 0 spiro atoms. The first-order valence-electron chi connectivity index (χ1n) is 3.39. The Morgan fingerprint density at radius 3 is 3.00 bits per heavy atom. The van der Waals surface area contributed by atoms with E-state index in [1.807, 2.05) is 13.2 Å². The third-order valence-corrected chi connectivity index (χ3v) is 2.04. The normalized spacial score (nSPS) is 10.8. The van der Waals surface area contributed by atoms with Gasteiger partial charge in [-0.05, 0) is 13.2 Å². The minimum absolute atomic E-state index is 0.604. The molecule has 0 aliphatic rings. The number of rotatable bonds is 1. The summed E-state index contributed by atoms with van der Waals surface area (Å²) in [6.07, 6.45) is 3.42. The summed E-state index contributed by atoms with van der Waals surface area (Å²) >= 11 is 1.53. The van der Waals surface area contributed by atoms with Crippen molar-refractivity contribution in [3.05, 3.63) is 12.2 Å². The van der Waals surface area contributed by atoms with Crippen molar-refractivity contribution in [2.45, 2.75) is 12.1 Å². The van der Waals surface area contributed by atoms with Crippen molar-refractivity contribution in [3.63, 3.8) is 0 Å². The lowest BCUT2D eigenvalue weighted by Crippen LogP contribution is -2.00. The molecule has 0 N–H and O–H groups in total. The summed E-state index contributed by atoms with van der Waals surface area (Å²) in [7, 11) is 0. The molecule has 2 aromatic rings. The van der Waals surface area contributed by atoms with E-state index < -0.39 is 0 Å². The van der Waals surface area contributed by atoms with Crippen molar-refractivity contribution >= 4 is 17.5 Å². The van der Waals surface area contributed by atoms with Crippen molar-refractivity contribution in [1.29, 1.82) is 0 Å². The molecule has 0 fully saturated rings. The van der Waals surface area contributed by atoms with E-state index in [9.17, 15) is 0 Å². The predicted molar refractivity (Wildman–Crippen MR) is 45.1 cm³/mol. The maximum atomic E-state index is 4.20. The largest absolute Gasteiger partial charge is 0.256 e. The molecular weight excluding hydrogens is 174 g/mol. The molecule has 0 saturated heterocycles. The second-order valence-corrected chi connectivity index (χ2v) is 3.00. The maximum absolute atomic E-state index is 4.20. The zero-order valence-corrected chi connectivity index (χ0v) is 7.54. The topological polar surface area (TPSA) is 56.0 Å². The summed E-state index contributed by atoms with van der Waals surface area (Å²) in [4.78, 5) is 12.3. The third-order valence-electron chi connectivity index (χ3n) is 1.41. The van der Waals surface area contributed by atoms with Gasteiger partial charge < -0.3 is 0 Å². The average Bonchev–Trinajstić information content (AvgIpc) is 2.50. The first kappa shape index (κ1) is 7.48. The Labute approximate surface area is 73.2 Å². The summed E-state index contributed by atoms with van der Waals surface area (Å²) in [6.45, 7) is 1.84. The molecular formula is C6H7N5S. The molecule has 2 aromatic heterocycles. The van der Waals surface area contributed by atoms with Crippen LogP contribution in [0.2, 0.25) is 0 Å². The fourth-order valence-electron chi connectivity index (χ4n) is 0.934. The molecule has 12 heavy (non-hydrogen) atoms. The first-order valence-corrected chi connectivity index (χ1v) is 4.62. The summed E-state index contributed by atoms with van der Waals surface area (Å²) in [5, 5.41) is 4.81. The van der Waals surface area contributed by atoms with Gasteiger partial charge in [0.05, 0.1) is 0 Å². The summed E-state index contributed by atoms with van der Waals surface area (Å²) in [6, 6.07) is 0. The van der Waals surface area contributed by atoms with Gasteiger partial charge in [-0.2, -0.15) is 19.6 Å². The van der Waals surface area contributed by atoms with Gasteiger partial charge in [0.2, 0.25) is 0 Å². The van der Waals surface area contributed by atoms with E-state index in [4.69, 9.17) is 0 Å². The van der Waals surface area contributed by atoms with Crippen LogP contribution < -0.4 is 0 Å². The SMILES string of the molecule is CSc1nc(C)nc2ncnn12. The Morgan fingerprint density at radius 1 is 1.42 bits per heavy atom. The highest BCUT2D eigenvalue weighted by Crippen LogP contribution is 2.10. The number of hydrogen-bond donors (Lipinski definition) is 0. The minimum Gasteiger partial charge on any atom is -0.207 e. The van der Waals surface area contributed by atoms with Gasteiger partial charge >= 0.3 is 0 Å². The molecule has 2 rings (SSSR count). The number of nitrogens with zero attached hydrogens (tertiary/aromatic N) is 5. The van der Waals surface area contributed by atoms with Gasteiger partial charge in [0.25, 0.3) is 5.78 Å². The first-order chi connectivity index (χ1) is 5.81. The highest BCUT2D eigenvalue weighted by Gasteiger charge is 2.04. The fraction of sp³-hybridized carbons (Fsp3) is 0.333. The van der Waals surface area contributed by atoms with Crippen LogP contribution in [-0.2, 0) is 0 Å². The third kappa shape index (κ3) is 1.04. The molecule has 0 unspecified atom stereocenters. The van der Waals surface area contributed by atoms with Gasteiger partial charge in [0, 0.05) is 0 Å². The zero-order chi connectivity index (χ0) is 8.55. The second-order valence-electron chi connectivity index (χ2n) is 2.23. The molecule has 6 heteroatoms. The number of hydrogen-bond acceptors (Lipinski definition) is 5. The number of aromatic nitrogens is 5. The van der Waals surface area contributed by atoms with Gasteiger partial charge in [-0.25, -0.2) is 4.98 Å². The van der Waals surface area contributed by atoms with E-state index in [0.29, 0.717) is 5.78 Å². The summed E-state index contributed by atoms with van der Waals surface area (Å²) in [5.74, 6) is 1.33. The Balaban J connectivity index is 2.80. The van der Waals surface area contributed by atoms with Gasteiger partial charge in [-0.1, -0.05) is 11.8 Å². The van der Waals surface area contributed by atoms with E-state index in [1.165, 1.54) is 18.1 Å². The van der Waals surface area contributed by atoms with Crippen LogP contribution in [0.25, 0.3) is 5.78 Å². The monoisotopic (exact) mass is 181 g/mol. The highest BCUT2D eigenvalue weighted by molar-refractivity contribution is 7.98. The Hall–Kier alpha value is -1.17. The highest BCUT2D eigenvalue weighted by atomic mass is 32.2.